The molecule has 2 N–H and O–H groups in total. The summed E-state index contributed by atoms with van der Waals surface area (Å²) < 4.78 is 14.0. The van der Waals surface area contributed by atoms with Gasteiger partial charge in [0.1, 0.15) is 11.0 Å². The molecule has 1 aliphatic rings. The van der Waals surface area contributed by atoms with E-state index < -0.39 is 11.0 Å². The summed E-state index contributed by atoms with van der Waals surface area (Å²) in [5, 5.41) is 0.486. The number of hydrogen-bond donors (Lipinski definition) is 1. The summed E-state index contributed by atoms with van der Waals surface area (Å²) in [6.07, 6.45) is 2.22. The average molecular weight is 245 g/mol. The molecule has 2 rings (SSSR count). The largest absolute Gasteiger partial charge is 0.399 e. The summed E-state index contributed by atoms with van der Waals surface area (Å²) in [7, 11) is -1.13. The van der Waals surface area contributed by atoms with E-state index in [1.807, 2.05) is 4.31 Å². The normalized spacial score (nSPS) is 19.3. The van der Waals surface area contributed by atoms with Crippen LogP contribution in [-0.4, -0.2) is 21.6 Å². The van der Waals surface area contributed by atoms with Crippen molar-refractivity contribution in [1.82, 2.24) is 4.31 Å². The number of anilines is 1. The number of halogens is 1. The average Bonchev–Trinajstić information content (AvgIpc) is 2.69. The van der Waals surface area contributed by atoms with Gasteiger partial charge in [-0.25, -0.2) is 8.51 Å². The third-order valence-electron chi connectivity index (χ3n) is 2.44. The molecule has 1 atom stereocenters. The number of nitrogen functional groups attached to an aromatic ring is 1. The first-order chi connectivity index (χ1) is 7.18. The lowest BCUT2D eigenvalue weighted by Crippen LogP contribution is -2.22. The van der Waals surface area contributed by atoms with Gasteiger partial charge in [-0.05, 0) is 31.0 Å². The summed E-state index contributed by atoms with van der Waals surface area (Å²) in [6.45, 7) is 1.76. The molecule has 0 bridgehead atoms. The molecule has 0 amide bonds. The highest BCUT2D eigenvalue weighted by atomic mass is 35.5. The predicted molar refractivity (Wildman–Crippen MR) is 63.1 cm³/mol. The Bertz CT molecular complexity index is 391. The van der Waals surface area contributed by atoms with Gasteiger partial charge in [0.05, 0.1) is 9.92 Å². The first-order valence-corrected chi connectivity index (χ1v) is 6.39. The molecular formula is C10H13ClN2OS. The third-order valence-corrected chi connectivity index (χ3v) is 4.43. The van der Waals surface area contributed by atoms with Crippen LogP contribution < -0.4 is 5.73 Å². The van der Waals surface area contributed by atoms with Gasteiger partial charge in [-0.2, -0.15) is 0 Å². The Hall–Kier alpha value is -0.580. The molecule has 1 aromatic carbocycles. The predicted octanol–water partition coefficient (Wildman–Crippen LogP) is 2.04. The Morgan fingerprint density at radius 3 is 2.60 bits per heavy atom. The number of nitrogens with zero attached hydrogens (tertiary/aromatic N) is 1. The Morgan fingerprint density at radius 2 is 2.00 bits per heavy atom. The third kappa shape index (κ3) is 2.33. The Kier molecular flexibility index (Phi) is 3.29. The van der Waals surface area contributed by atoms with Crippen molar-refractivity contribution in [2.75, 3.05) is 18.8 Å². The van der Waals surface area contributed by atoms with E-state index in [4.69, 9.17) is 17.3 Å². The molecule has 1 unspecified atom stereocenters. The van der Waals surface area contributed by atoms with Crippen molar-refractivity contribution in [2.24, 2.45) is 0 Å². The molecular weight excluding hydrogens is 232 g/mol. The monoisotopic (exact) mass is 244 g/mol. The maximum atomic E-state index is 12.1. The second kappa shape index (κ2) is 4.51. The van der Waals surface area contributed by atoms with Crippen LogP contribution in [0.4, 0.5) is 5.69 Å². The summed E-state index contributed by atoms with van der Waals surface area (Å²) in [4.78, 5) is 0.660. The van der Waals surface area contributed by atoms with Gasteiger partial charge >= 0.3 is 0 Å². The van der Waals surface area contributed by atoms with Crippen molar-refractivity contribution in [3.8, 4) is 0 Å². The van der Waals surface area contributed by atoms with E-state index in [1.54, 1.807) is 18.2 Å². The van der Waals surface area contributed by atoms with Crippen LogP contribution in [0.25, 0.3) is 0 Å². The molecule has 0 saturated carbocycles. The van der Waals surface area contributed by atoms with Crippen LogP contribution in [0, 0.1) is 0 Å². The van der Waals surface area contributed by atoms with Gasteiger partial charge in [0.25, 0.3) is 0 Å². The first kappa shape index (κ1) is 10.9. The second-order valence-corrected chi connectivity index (χ2v) is 5.44. The maximum Gasteiger partial charge on any atom is 0.129 e. The fourth-order valence-corrected chi connectivity index (χ4v) is 3.32. The van der Waals surface area contributed by atoms with E-state index in [-0.39, 0.29) is 0 Å². The minimum Gasteiger partial charge on any atom is -0.399 e. The number of nitrogens with two attached hydrogens (primary N) is 1. The van der Waals surface area contributed by atoms with E-state index in [0.29, 0.717) is 15.6 Å². The van der Waals surface area contributed by atoms with E-state index in [0.717, 1.165) is 25.9 Å². The van der Waals surface area contributed by atoms with Crippen molar-refractivity contribution in [2.45, 2.75) is 17.7 Å². The van der Waals surface area contributed by atoms with Gasteiger partial charge in [0, 0.05) is 18.8 Å². The fourth-order valence-electron chi connectivity index (χ4n) is 1.65. The van der Waals surface area contributed by atoms with Crippen molar-refractivity contribution in [3.05, 3.63) is 23.2 Å². The van der Waals surface area contributed by atoms with Crippen LogP contribution in [0.5, 0.6) is 0 Å². The molecule has 5 heteroatoms. The topological polar surface area (TPSA) is 46.3 Å². The zero-order valence-electron chi connectivity index (χ0n) is 8.28. The van der Waals surface area contributed by atoms with Crippen LogP contribution in [0.15, 0.2) is 23.1 Å². The van der Waals surface area contributed by atoms with Crippen LogP contribution in [0.2, 0.25) is 5.02 Å². The molecule has 15 heavy (non-hydrogen) atoms. The molecule has 0 spiro atoms. The Morgan fingerprint density at radius 1 is 1.33 bits per heavy atom. The van der Waals surface area contributed by atoms with E-state index in [2.05, 4.69) is 0 Å². The van der Waals surface area contributed by atoms with Gasteiger partial charge in [-0.3, -0.25) is 0 Å². The van der Waals surface area contributed by atoms with E-state index in [9.17, 15) is 4.21 Å². The minimum absolute atomic E-state index is 0.486. The highest BCUT2D eigenvalue weighted by Crippen LogP contribution is 2.25. The van der Waals surface area contributed by atoms with E-state index in [1.165, 1.54) is 0 Å². The highest BCUT2D eigenvalue weighted by molar-refractivity contribution is 7.82. The molecule has 3 nitrogen and oxygen atoms in total. The van der Waals surface area contributed by atoms with Crippen molar-refractivity contribution in [3.63, 3.8) is 0 Å². The first-order valence-electron chi connectivity index (χ1n) is 4.90. The minimum atomic E-state index is -1.13. The van der Waals surface area contributed by atoms with E-state index >= 15 is 0 Å². The van der Waals surface area contributed by atoms with Gasteiger partial charge < -0.3 is 5.73 Å². The molecule has 1 aromatic rings. The summed E-state index contributed by atoms with van der Waals surface area (Å²) in [5.74, 6) is 0. The summed E-state index contributed by atoms with van der Waals surface area (Å²) in [5.41, 5.74) is 6.18. The lowest BCUT2D eigenvalue weighted by Gasteiger charge is -2.14. The molecule has 82 valence electrons. The Labute approximate surface area is 96.8 Å². The standard InChI is InChI=1S/C10H13ClN2OS/c11-9-7-8(12)3-4-10(9)15(14)13-5-1-2-6-13/h3-4,7H,1-2,5-6,12H2. The smallest absolute Gasteiger partial charge is 0.129 e. The van der Waals surface area contributed by atoms with Gasteiger partial charge in [-0.15, -0.1) is 0 Å². The SMILES string of the molecule is Nc1ccc(S(=O)N2CCCC2)c(Cl)c1. The molecule has 1 fully saturated rings. The zero-order valence-corrected chi connectivity index (χ0v) is 9.85. The zero-order chi connectivity index (χ0) is 10.8. The second-order valence-electron chi connectivity index (χ2n) is 3.58. The van der Waals surface area contributed by atoms with Gasteiger partial charge in [-0.1, -0.05) is 11.6 Å². The van der Waals surface area contributed by atoms with Crippen LogP contribution >= 0.6 is 11.6 Å². The lowest BCUT2D eigenvalue weighted by molar-refractivity contribution is 0.536. The maximum absolute atomic E-state index is 12.1. The fraction of sp³-hybridized carbons (Fsp3) is 0.400. The summed E-state index contributed by atoms with van der Waals surface area (Å²) >= 11 is 6.00. The van der Waals surface area contributed by atoms with Crippen molar-refractivity contribution >= 4 is 28.3 Å². The number of rotatable bonds is 2. The number of hydrogen-bond acceptors (Lipinski definition) is 2. The molecule has 1 heterocycles. The summed E-state index contributed by atoms with van der Waals surface area (Å²) in [6, 6.07) is 5.12. The van der Waals surface area contributed by atoms with Crippen molar-refractivity contribution in [1.29, 1.82) is 0 Å². The molecule has 0 aromatic heterocycles. The van der Waals surface area contributed by atoms with Crippen LogP contribution in [0.1, 0.15) is 12.8 Å². The lowest BCUT2D eigenvalue weighted by atomic mass is 10.3. The quantitative estimate of drug-likeness (QED) is 0.810. The molecule has 1 aliphatic heterocycles. The van der Waals surface area contributed by atoms with Crippen LogP contribution in [0.3, 0.4) is 0 Å². The van der Waals surface area contributed by atoms with Gasteiger partial charge in [0.2, 0.25) is 0 Å². The Balaban J connectivity index is 2.24. The van der Waals surface area contributed by atoms with Crippen LogP contribution in [-0.2, 0) is 11.0 Å². The molecule has 1 saturated heterocycles. The van der Waals surface area contributed by atoms with Gasteiger partial charge in [0.15, 0.2) is 0 Å². The molecule has 0 radical (unpaired) electrons. The highest BCUT2D eigenvalue weighted by Gasteiger charge is 2.20. The number of benzene rings is 1. The van der Waals surface area contributed by atoms with Crippen molar-refractivity contribution < 1.29 is 4.21 Å². The molecule has 0 aliphatic carbocycles.